The van der Waals surface area contributed by atoms with Gasteiger partial charge in [-0.1, -0.05) is 13.3 Å². The van der Waals surface area contributed by atoms with Crippen LogP contribution in [0.1, 0.15) is 39.0 Å². The molecule has 0 unspecified atom stereocenters. The van der Waals surface area contributed by atoms with E-state index in [2.05, 4.69) is 23.0 Å². The largest absolute Gasteiger partial charge is 0.469 e. The second-order valence-electron chi connectivity index (χ2n) is 5.86. The minimum absolute atomic E-state index is 0.175. The van der Waals surface area contributed by atoms with Crippen LogP contribution in [0, 0.1) is 29.1 Å². The molecule has 0 bridgehead atoms. The van der Waals surface area contributed by atoms with Crippen molar-refractivity contribution >= 4 is 11.9 Å². The van der Waals surface area contributed by atoms with Gasteiger partial charge in [-0.3, -0.25) is 9.59 Å². The molecule has 19 heavy (non-hydrogen) atoms. The van der Waals surface area contributed by atoms with Gasteiger partial charge in [-0.25, -0.2) is 0 Å². The number of rotatable bonds is 3. The Morgan fingerprint density at radius 3 is 2.74 bits per heavy atom. The number of hydrogen-bond donors (Lipinski definition) is 1. The number of nitriles is 1. The van der Waals surface area contributed by atoms with Gasteiger partial charge in [0, 0.05) is 0 Å². The Balaban J connectivity index is 1.95. The Labute approximate surface area is 113 Å². The summed E-state index contributed by atoms with van der Waals surface area (Å²) >= 11 is 0. The number of carbonyl (C=O) groups excluding carboxylic acids is 2. The van der Waals surface area contributed by atoms with Gasteiger partial charge in [0.15, 0.2) is 0 Å². The lowest BCUT2D eigenvalue weighted by Crippen LogP contribution is -2.50. The van der Waals surface area contributed by atoms with E-state index < -0.39 is 5.54 Å². The number of methoxy groups -OCH3 is 1. The summed E-state index contributed by atoms with van der Waals surface area (Å²) in [5, 5.41) is 12.3. The third-order valence-corrected chi connectivity index (χ3v) is 4.21. The zero-order valence-electron chi connectivity index (χ0n) is 11.4. The van der Waals surface area contributed by atoms with E-state index in [0.717, 1.165) is 12.8 Å². The van der Waals surface area contributed by atoms with E-state index in [9.17, 15) is 14.9 Å². The molecule has 2 fully saturated rings. The van der Waals surface area contributed by atoms with Gasteiger partial charge < -0.3 is 10.1 Å². The summed E-state index contributed by atoms with van der Waals surface area (Å²) in [7, 11) is 1.33. The molecule has 0 aromatic rings. The van der Waals surface area contributed by atoms with E-state index in [1.165, 1.54) is 7.11 Å². The van der Waals surface area contributed by atoms with Gasteiger partial charge in [0.1, 0.15) is 5.54 Å². The van der Waals surface area contributed by atoms with Gasteiger partial charge in [-0.15, -0.1) is 0 Å². The lowest BCUT2D eigenvalue weighted by molar-refractivity contribution is -0.143. The highest BCUT2D eigenvalue weighted by atomic mass is 16.5. The van der Waals surface area contributed by atoms with Crippen molar-refractivity contribution in [3.63, 3.8) is 0 Å². The Hall–Kier alpha value is -1.57. The quantitative estimate of drug-likeness (QED) is 0.781. The molecule has 5 heteroatoms. The molecule has 0 aromatic heterocycles. The zero-order chi connectivity index (χ0) is 14.0. The fourth-order valence-electron chi connectivity index (χ4n) is 3.02. The molecule has 104 valence electrons. The fourth-order valence-corrected chi connectivity index (χ4v) is 3.02. The molecule has 2 aliphatic rings. The van der Waals surface area contributed by atoms with Crippen molar-refractivity contribution in [1.82, 2.24) is 5.32 Å². The van der Waals surface area contributed by atoms with Crippen LogP contribution in [0.15, 0.2) is 0 Å². The monoisotopic (exact) mass is 264 g/mol. The maximum absolute atomic E-state index is 12.1. The molecule has 0 heterocycles. The predicted molar refractivity (Wildman–Crippen MR) is 67.7 cm³/mol. The molecule has 1 N–H and O–H groups in total. The van der Waals surface area contributed by atoms with Crippen LogP contribution in [0.3, 0.4) is 0 Å². The first-order valence-corrected chi connectivity index (χ1v) is 6.82. The average Bonchev–Trinajstić information content (AvgIpc) is 3.18. The summed E-state index contributed by atoms with van der Waals surface area (Å²) in [6.07, 6.45) is 4.00. The first-order chi connectivity index (χ1) is 9.01. The van der Waals surface area contributed by atoms with E-state index in [1.54, 1.807) is 0 Å². The van der Waals surface area contributed by atoms with Crippen LogP contribution in [0.5, 0.6) is 0 Å². The van der Waals surface area contributed by atoms with Crippen molar-refractivity contribution < 1.29 is 14.3 Å². The second-order valence-corrected chi connectivity index (χ2v) is 5.86. The molecule has 2 rings (SSSR count). The number of carbonyl (C=O) groups is 2. The van der Waals surface area contributed by atoms with Crippen LogP contribution in [0.4, 0.5) is 0 Å². The van der Waals surface area contributed by atoms with Gasteiger partial charge in [0.05, 0.1) is 25.0 Å². The second kappa shape index (κ2) is 5.20. The van der Waals surface area contributed by atoms with Crippen molar-refractivity contribution in [3.05, 3.63) is 0 Å². The minimum Gasteiger partial charge on any atom is -0.469 e. The smallest absolute Gasteiger partial charge is 0.309 e. The van der Waals surface area contributed by atoms with Gasteiger partial charge in [-0.05, 0) is 31.6 Å². The number of hydrogen-bond acceptors (Lipinski definition) is 4. The Morgan fingerprint density at radius 1 is 1.42 bits per heavy atom. The van der Waals surface area contributed by atoms with Gasteiger partial charge >= 0.3 is 5.97 Å². The third kappa shape index (κ3) is 2.89. The average molecular weight is 264 g/mol. The highest BCUT2D eigenvalue weighted by Crippen LogP contribution is 2.41. The molecule has 0 saturated heterocycles. The molecule has 5 nitrogen and oxygen atoms in total. The predicted octanol–water partition coefficient (Wildman–Crippen LogP) is 1.38. The Kier molecular flexibility index (Phi) is 3.79. The minimum atomic E-state index is -0.738. The van der Waals surface area contributed by atoms with Crippen molar-refractivity contribution in [2.45, 2.75) is 44.6 Å². The summed E-state index contributed by atoms with van der Waals surface area (Å²) in [5.74, 6) is -0.685. The highest BCUT2D eigenvalue weighted by Gasteiger charge is 2.51. The number of amides is 1. The molecule has 0 spiro atoms. The summed E-state index contributed by atoms with van der Waals surface area (Å²) in [6, 6.07) is 2.27. The Morgan fingerprint density at radius 2 is 2.16 bits per heavy atom. The first kappa shape index (κ1) is 13.9. The lowest BCUT2D eigenvalue weighted by atomic mass is 9.77. The van der Waals surface area contributed by atoms with E-state index in [4.69, 9.17) is 0 Å². The third-order valence-electron chi connectivity index (χ3n) is 4.21. The molecular formula is C14H20N2O3. The zero-order valence-corrected chi connectivity index (χ0v) is 11.4. The molecule has 4 atom stereocenters. The van der Waals surface area contributed by atoms with E-state index in [-0.39, 0.29) is 23.7 Å². The van der Waals surface area contributed by atoms with Crippen molar-refractivity contribution in [1.29, 1.82) is 5.26 Å². The van der Waals surface area contributed by atoms with E-state index in [0.29, 0.717) is 25.2 Å². The normalized spacial score (nSPS) is 37.0. The molecule has 0 aromatic carbocycles. The van der Waals surface area contributed by atoms with Crippen LogP contribution < -0.4 is 5.32 Å². The Bertz CT molecular complexity index is 429. The summed E-state index contributed by atoms with van der Waals surface area (Å²) in [5.41, 5.74) is -0.738. The van der Waals surface area contributed by atoms with Crippen molar-refractivity contribution in [2.24, 2.45) is 17.8 Å². The number of esters is 1. The van der Waals surface area contributed by atoms with Crippen LogP contribution in [-0.4, -0.2) is 24.5 Å². The molecule has 2 aliphatic carbocycles. The summed E-state index contributed by atoms with van der Waals surface area (Å²) < 4.78 is 4.63. The topological polar surface area (TPSA) is 79.2 Å². The van der Waals surface area contributed by atoms with E-state index >= 15 is 0 Å². The SMILES string of the molecule is COC(=O)[C@@H]1C[C@@H]1C(=O)N[C@]1(C#N)CCC[C@@H](C)C1. The summed E-state index contributed by atoms with van der Waals surface area (Å²) in [4.78, 5) is 23.4. The van der Waals surface area contributed by atoms with Crippen LogP contribution >= 0.6 is 0 Å². The van der Waals surface area contributed by atoms with Gasteiger partial charge in [-0.2, -0.15) is 5.26 Å². The van der Waals surface area contributed by atoms with Crippen molar-refractivity contribution in [2.75, 3.05) is 7.11 Å². The highest BCUT2D eigenvalue weighted by molar-refractivity contribution is 5.90. The number of nitrogens with zero attached hydrogens (tertiary/aromatic N) is 1. The van der Waals surface area contributed by atoms with Gasteiger partial charge in [0.25, 0.3) is 0 Å². The van der Waals surface area contributed by atoms with Crippen LogP contribution in [0.25, 0.3) is 0 Å². The van der Waals surface area contributed by atoms with Crippen LogP contribution in [0.2, 0.25) is 0 Å². The maximum Gasteiger partial charge on any atom is 0.309 e. The maximum atomic E-state index is 12.1. The molecule has 0 aliphatic heterocycles. The summed E-state index contributed by atoms with van der Waals surface area (Å²) in [6.45, 7) is 2.10. The number of ether oxygens (including phenoxy) is 1. The molecule has 0 radical (unpaired) electrons. The van der Waals surface area contributed by atoms with Crippen LogP contribution in [-0.2, 0) is 14.3 Å². The number of nitrogens with one attached hydrogen (secondary N) is 1. The van der Waals surface area contributed by atoms with Gasteiger partial charge in [0.2, 0.25) is 5.91 Å². The molecule has 2 saturated carbocycles. The first-order valence-electron chi connectivity index (χ1n) is 6.82. The fraction of sp³-hybridized carbons (Fsp3) is 0.786. The van der Waals surface area contributed by atoms with Crippen molar-refractivity contribution in [3.8, 4) is 6.07 Å². The van der Waals surface area contributed by atoms with E-state index in [1.807, 2.05) is 0 Å². The molecule has 1 amide bonds. The lowest BCUT2D eigenvalue weighted by Gasteiger charge is -2.35. The molecular weight excluding hydrogens is 244 g/mol. The standard InChI is InChI=1S/C14H20N2O3/c1-9-4-3-5-14(7-9,8-15)16-12(17)10-6-11(10)13(18)19-2/h9-11H,3-7H2,1-2H3,(H,16,17)/t9-,10+,11-,14-/m1/s1.